The standard InChI is InChI=1S/C32H40N4O3S/c1-6-34(15-16-39-5)29-14-13-24(18-33-29)36(31(38)28-8-7-17-40-28)21-27-25-19-35(20-26(25)27)30(37)22-9-11-23(12-10-22)32(2,3)4/h7-14,17-18,25-27H,6,15-16,19-21H2,1-5H3. The lowest BCUT2D eigenvalue weighted by atomic mass is 9.86. The number of likely N-dealkylation sites (N-methyl/N-ethyl adjacent to an activating group) is 1. The lowest BCUT2D eigenvalue weighted by Crippen LogP contribution is -2.36. The van der Waals surface area contributed by atoms with Crippen LogP contribution in [0.3, 0.4) is 0 Å². The van der Waals surface area contributed by atoms with Gasteiger partial charge in [-0.05, 0) is 71.4 Å². The van der Waals surface area contributed by atoms with Gasteiger partial charge in [0.1, 0.15) is 5.82 Å². The van der Waals surface area contributed by atoms with Gasteiger partial charge in [-0.15, -0.1) is 11.3 Å². The molecule has 0 N–H and O–H groups in total. The van der Waals surface area contributed by atoms with Crippen molar-refractivity contribution < 1.29 is 14.3 Å². The van der Waals surface area contributed by atoms with E-state index in [1.165, 1.54) is 16.9 Å². The summed E-state index contributed by atoms with van der Waals surface area (Å²) in [6, 6.07) is 15.8. The number of hydrogen-bond acceptors (Lipinski definition) is 6. The van der Waals surface area contributed by atoms with Crippen molar-refractivity contribution in [3.8, 4) is 0 Å². The molecular formula is C32H40N4O3S. The zero-order valence-corrected chi connectivity index (χ0v) is 25.0. The fraction of sp³-hybridized carbons (Fsp3) is 0.469. The molecule has 3 aromatic rings. The summed E-state index contributed by atoms with van der Waals surface area (Å²) in [5, 5.41) is 1.94. The van der Waals surface area contributed by atoms with Gasteiger partial charge in [0.2, 0.25) is 0 Å². The zero-order valence-electron chi connectivity index (χ0n) is 24.2. The Kier molecular flexibility index (Phi) is 8.29. The molecule has 2 atom stereocenters. The van der Waals surface area contributed by atoms with Crippen LogP contribution in [0.4, 0.5) is 11.5 Å². The monoisotopic (exact) mass is 560 g/mol. The summed E-state index contributed by atoms with van der Waals surface area (Å²) in [4.78, 5) is 38.2. The molecule has 2 amide bonds. The van der Waals surface area contributed by atoms with E-state index in [1.807, 2.05) is 57.8 Å². The SMILES string of the molecule is CCN(CCOC)c1ccc(N(CC2C3CN(C(=O)c4ccc(C(C)(C)C)cc4)CC32)C(=O)c2cccs2)cn1. The van der Waals surface area contributed by atoms with Crippen LogP contribution in [-0.2, 0) is 10.2 Å². The Morgan fingerprint density at radius 2 is 1.80 bits per heavy atom. The molecule has 7 nitrogen and oxygen atoms in total. The quantitative estimate of drug-likeness (QED) is 0.324. The molecule has 8 heteroatoms. The Labute approximate surface area is 241 Å². The molecule has 0 bridgehead atoms. The first-order chi connectivity index (χ1) is 19.2. The van der Waals surface area contributed by atoms with E-state index in [1.54, 1.807) is 7.11 Å². The number of carbonyl (C=O) groups is 2. The predicted octanol–water partition coefficient (Wildman–Crippen LogP) is 5.58. The van der Waals surface area contributed by atoms with Crippen LogP contribution in [0.15, 0.2) is 60.1 Å². The molecule has 3 heterocycles. The zero-order chi connectivity index (χ0) is 28.4. The van der Waals surface area contributed by atoms with Gasteiger partial charge in [-0.1, -0.05) is 39.0 Å². The number of carbonyl (C=O) groups excluding carboxylic acids is 2. The molecule has 1 aliphatic carbocycles. The van der Waals surface area contributed by atoms with E-state index in [4.69, 9.17) is 9.72 Å². The minimum atomic E-state index is 0.00752. The topological polar surface area (TPSA) is 66.0 Å². The maximum atomic E-state index is 13.6. The Morgan fingerprint density at radius 1 is 1.07 bits per heavy atom. The summed E-state index contributed by atoms with van der Waals surface area (Å²) in [5.41, 5.74) is 2.84. The van der Waals surface area contributed by atoms with Crippen molar-refractivity contribution in [1.29, 1.82) is 0 Å². The van der Waals surface area contributed by atoms with Gasteiger partial charge in [-0.2, -0.15) is 0 Å². The molecular weight excluding hydrogens is 520 g/mol. The van der Waals surface area contributed by atoms with Crippen LogP contribution in [0, 0.1) is 17.8 Å². The molecule has 212 valence electrons. The highest BCUT2D eigenvalue weighted by Gasteiger charge is 2.57. The minimum Gasteiger partial charge on any atom is -0.383 e. The first kappa shape index (κ1) is 28.3. The lowest BCUT2D eigenvalue weighted by molar-refractivity contribution is 0.0766. The second-order valence-electron chi connectivity index (χ2n) is 11.9. The van der Waals surface area contributed by atoms with E-state index in [-0.39, 0.29) is 17.2 Å². The molecule has 1 saturated heterocycles. The predicted molar refractivity (Wildman–Crippen MR) is 162 cm³/mol. The summed E-state index contributed by atoms with van der Waals surface area (Å²) in [5.74, 6) is 2.21. The number of likely N-dealkylation sites (tertiary alicyclic amines) is 1. The molecule has 1 saturated carbocycles. The summed E-state index contributed by atoms with van der Waals surface area (Å²) < 4.78 is 5.24. The maximum absolute atomic E-state index is 13.6. The summed E-state index contributed by atoms with van der Waals surface area (Å²) in [7, 11) is 1.70. The Hall–Kier alpha value is -3.23. The van der Waals surface area contributed by atoms with Gasteiger partial charge in [0.25, 0.3) is 11.8 Å². The van der Waals surface area contributed by atoms with Crippen molar-refractivity contribution in [2.24, 2.45) is 17.8 Å². The van der Waals surface area contributed by atoms with E-state index >= 15 is 0 Å². The Balaban J connectivity index is 1.26. The second-order valence-corrected chi connectivity index (χ2v) is 12.8. The van der Waals surface area contributed by atoms with E-state index in [9.17, 15) is 9.59 Å². The van der Waals surface area contributed by atoms with Crippen LogP contribution in [0.5, 0.6) is 0 Å². The second kappa shape index (κ2) is 11.7. The highest BCUT2D eigenvalue weighted by atomic mass is 32.1. The van der Waals surface area contributed by atoms with Gasteiger partial charge in [-0.3, -0.25) is 9.59 Å². The number of fused-ring (bicyclic) bond motifs is 1. The van der Waals surface area contributed by atoms with Crippen molar-refractivity contribution in [2.75, 3.05) is 56.2 Å². The molecule has 2 aliphatic rings. The molecule has 1 aromatic carbocycles. The fourth-order valence-corrected chi connectivity index (χ4v) is 6.46. The third kappa shape index (κ3) is 5.93. The van der Waals surface area contributed by atoms with Crippen molar-refractivity contribution in [1.82, 2.24) is 9.88 Å². The van der Waals surface area contributed by atoms with Crippen molar-refractivity contribution >= 4 is 34.7 Å². The maximum Gasteiger partial charge on any atom is 0.268 e. The molecule has 0 spiro atoms. The Morgan fingerprint density at radius 3 is 2.35 bits per heavy atom. The normalized spacial score (nSPS) is 19.8. The number of anilines is 2. The van der Waals surface area contributed by atoms with Crippen molar-refractivity contribution in [3.05, 3.63) is 76.1 Å². The van der Waals surface area contributed by atoms with E-state index in [0.717, 1.165) is 48.1 Å². The number of hydrogen-bond donors (Lipinski definition) is 0. The molecule has 2 unspecified atom stereocenters. The van der Waals surface area contributed by atoms with E-state index in [2.05, 4.69) is 44.7 Å². The molecule has 0 radical (unpaired) electrons. The van der Waals surface area contributed by atoms with Gasteiger partial charge in [0, 0.05) is 45.4 Å². The molecule has 2 aromatic heterocycles. The number of pyridine rings is 1. The largest absolute Gasteiger partial charge is 0.383 e. The number of benzene rings is 1. The van der Waals surface area contributed by atoms with Crippen LogP contribution >= 0.6 is 11.3 Å². The number of amides is 2. The summed E-state index contributed by atoms with van der Waals surface area (Å²) in [6.07, 6.45) is 1.81. The number of thiophene rings is 1. The van der Waals surface area contributed by atoms with Gasteiger partial charge in [0.05, 0.1) is 23.4 Å². The number of methoxy groups -OCH3 is 1. The van der Waals surface area contributed by atoms with Gasteiger partial charge in [0.15, 0.2) is 0 Å². The smallest absolute Gasteiger partial charge is 0.268 e. The molecule has 5 rings (SSSR count). The third-order valence-electron chi connectivity index (χ3n) is 8.34. The van der Waals surface area contributed by atoms with Crippen LogP contribution in [0.25, 0.3) is 0 Å². The highest BCUT2D eigenvalue weighted by Crippen LogP contribution is 2.52. The van der Waals surface area contributed by atoms with Gasteiger partial charge >= 0.3 is 0 Å². The highest BCUT2D eigenvalue weighted by molar-refractivity contribution is 7.12. The lowest BCUT2D eigenvalue weighted by Gasteiger charge is -2.26. The van der Waals surface area contributed by atoms with Gasteiger partial charge < -0.3 is 19.4 Å². The van der Waals surface area contributed by atoms with Crippen molar-refractivity contribution in [3.63, 3.8) is 0 Å². The van der Waals surface area contributed by atoms with Crippen LogP contribution < -0.4 is 9.80 Å². The molecule has 2 fully saturated rings. The molecule has 40 heavy (non-hydrogen) atoms. The minimum absolute atomic E-state index is 0.00752. The van der Waals surface area contributed by atoms with Crippen molar-refractivity contribution in [2.45, 2.75) is 33.1 Å². The summed E-state index contributed by atoms with van der Waals surface area (Å²) in [6.45, 7) is 13.0. The first-order valence-electron chi connectivity index (χ1n) is 14.2. The van der Waals surface area contributed by atoms with Crippen LogP contribution in [0.1, 0.15) is 53.3 Å². The Bertz CT molecular complexity index is 1290. The number of aromatic nitrogens is 1. The number of rotatable bonds is 10. The van der Waals surface area contributed by atoms with E-state index < -0.39 is 0 Å². The summed E-state index contributed by atoms with van der Waals surface area (Å²) >= 11 is 1.46. The number of piperidine rings is 1. The molecule has 1 aliphatic heterocycles. The number of ether oxygens (including phenoxy) is 1. The van der Waals surface area contributed by atoms with Crippen LogP contribution in [0.2, 0.25) is 0 Å². The van der Waals surface area contributed by atoms with Gasteiger partial charge in [-0.25, -0.2) is 4.98 Å². The fourth-order valence-electron chi connectivity index (χ4n) is 5.79. The average Bonchev–Trinajstić information content (AvgIpc) is 3.34. The third-order valence-corrected chi connectivity index (χ3v) is 9.20. The average molecular weight is 561 g/mol. The van der Waals surface area contributed by atoms with E-state index in [0.29, 0.717) is 30.9 Å². The number of nitrogens with zero attached hydrogens (tertiary/aromatic N) is 4. The van der Waals surface area contributed by atoms with Crippen LogP contribution in [-0.4, -0.2) is 68.1 Å². The first-order valence-corrected chi connectivity index (χ1v) is 15.0.